The van der Waals surface area contributed by atoms with Crippen LogP contribution in [-0.2, 0) is 19.6 Å². The lowest BCUT2D eigenvalue weighted by Gasteiger charge is -2.11. The molecule has 136 valence electrons. The molecule has 0 saturated carbocycles. The lowest BCUT2D eigenvalue weighted by atomic mass is 10.1. The van der Waals surface area contributed by atoms with Gasteiger partial charge in [-0.3, -0.25) is 0 Å². The number of benzene rings is 3. The number of aryl methyl sites for hydroxylation is 2. The Morgan fingerprint density at radius 1 is 0.852 bits per heavy atom. The second-order valence-corrected chi connectivity index (χ2v) is 6.37. The lowest BCUT2D eigenvalue weighted by Crippen LogP contribution is -2.09. The van der Waals surface area contributed by atoms with Crippen molar-refractivity contribution in [2.75, 3.05) is 7.11 Å². The van der Waals surface area contributed by atoms with E-state index in [1.807, 2.05) is 42.5 Å². The van der Waals surface area contributed by atoms with Gasteiger partial charge < -0.3 is 14.0 Å². The van der Waals surface area contributed by atoms with E-state index in [1.165, 1.54) is 5.56 Å². The highest BCUT2D eigenvalue weighted by atomic mass is 16.5. The second kappa shape index (κ2) is 7.96. The minimum absolute atomic E-state index is 0.413. The fourth-order valence-electron chi connectivity index (χ4n) is 3.21. The van der Waals surface area contributed by atoms with Gasteiger partial charge in [0.15, 0.2) is 0 Å². The first kappa shape index (κ1) is 17.2. The van der Waals surface area contributed by atoms with Crippen molar-refractivity contribution in [3.05, 3.63) is 90.3 Å². The van der Waals surface area contributed by atoms with Gasteiger partial charge in [0, 0.05) is 12.6 Å². The van der Waals surface area contributed by atoms with E-state index in [9.17, 15) is 0 Å². The minimum Gasteiger partial charge on any atom is -0.497 e. The number of hydrogen-bond donors (Lipinski definition) is 0. The molecular weight excluding hydrogens is 336 g/mol. The van der Waals surface area contributed by atoms with Gasteiger partial charge in [0.1, 0.15) is 23.9 Å². The first-order chi connectivity index (χ1) is 13.3. The van der Waals surface area contributed by atoms with Crippen molar-refractivity contribution in [1.29, 1.82) is 0 Å². The van der Waals surface area contributed by atoms with Crippen molar-refractivity contribution in [1.82, 2.24) is 9.55 Å². The molecule has 4 heteroatoms. The number of hydrogen-bond acceptors (Lipinski definition) is 3. The predicted octanol–water partition coefficient (Wildman–Crippen LogP) is 4.87. The van der Waals surface area contributed by atoms with E-state index in [0.717, 1.165) is 41.3 Å². The fourth-order valence-corrected chi connectivity index (χ4v) is 3.21. The first-order valence-corrected chi connectivity index (χ1v) is 9.08. The largest absolute Gasteiger partial charge is 0.497 e. The Labute approximate surface area is 159 Å². The third kappa shape index (κ3) is 3.95. The standard InChI is InChI=1S/C23H22N2O2/c1-26-19-10-7-11-20(16-19)27-17-23-24-21-12-5-6-13-22(21)25(23)15-14-18-8-3-2-4-9-18/h2-13,16H,14-15,17H2,1H3. The topological polar surface area (TPSA) is 36.3 Å². The van der Waals surface area contributed by atoms with Crippen molar-refractivity contribution < 1.29 is 9.47 Å². The average molecular weight is 358 g/mol. The van der Waals surface area contributed by atoms with Gasteiger partial charge >= 0.3 is 0 Å². The van der Waals surface area contributed by atoms with Crippen LogP contribution in [0.3, 0.4) is 0 Å². The van der Waals surface area contributed by atoms with Gasteiger partial charge in [0.25, 0.3) is 0 Å². The molecule has 0 unspecified atom stereocenters. The van der Waals surface area contributed by atoms with E-state index in [0.29, 0.717) is 6.61 Å². The summed E-state index contributed by atoms with van der Waals surface area (Å²) in [6.45, 7) is 1.28. The van der Waals surface area contributed by atoms with Crippen LogP contribution in [-0.4, -0.2) is 16.7 Å². The maximum atomic E-state index is 5.99. The molecule has 4 rings (SSSR count). The number of para-hydroxylation sites is 2. The molecule has 3 aromatic carbocycles. The third-order valence-electron chi connectivity index (χ3n) is 4.61. The van der Waals surface area contributed by atoms with Crippen LogP contribution < -0.4 is 9.47 Å². The van der Waals surface area contributed by atoms with Gasteiger partial charge in [-0.2, -0.15) is 0 Å². The van der Waals surface area contributed by atoms with Gasteiger partial charge in [0.2, 0.25) is 0 Å². The van der Waals surface area contributed by atoms with E-state index < -0.39 is 0 Å². The summed E-state index contributed by atoms with van der Waals surface area (Å²) in [6.07, 6.45) is 0.952. The van der Waals surface area contributed by atoms with Crippen molar-refractivity contribution >= 4 is 11.0 Å². The molecule has 1 heterocycles. The summed E-state index contributed by atoms with van der Waals surface area (Å²) in [5.74, 6) is 2.48. The van der Waals surface area contributed by atoms with E-state index in [1.54, 1.807) is 7.11 Å². The van der Waals surface area contributed by atoms with E-state index in [-0.39, 0.29) is 0 Å². The average Bonchev–Trinajstić information content (AvgIpc) is 3.09. The first-order valence-electron chi connectivity index (χ1n) is 9.08. The summed E-state index contributed by atoms with van der Waals surface area (Å²) in [5, 5.41) is 0. The van der Waals surface area contributed by atoms with Crippen molar-refractivity contribution in [2.45, 2.75) is 19.6 Å². The summed E-state index contributed by atoms with van der Waals surface area (Å²) < 4.78 is 13.5. The number of aromatic nitrogens is 2. The lowest BCUT2D eigenvalue weighted by molar-refractivity contribution is 0.288. The highest BCUT2D eigenvalue weighted by Crippen LogP contribution is 2.22. The van der Waals surface area contributed by atoms with Crippen LogP contribution in [0, 0.1) is 0 Å². The molecule has 0 radical (unpaired) electrons. The summed E-state index contributed by atoms with van der Waals surface area (Å²) in [6, 6.07) is 26.4. The van der Waals surface area contributed by atoms with Gasteiger partial charge in [-0.05, 0) is 36.2 Å². The number of nitrogens with zero attached hydrogens (tertiary/aromatic N) is 2. The molecule has 0 saturated heterocycles. The van der Waals surface area contributed by atoms with Crippen LogP contribution in [0.5, 0.6) is 11.5 Å². The van der Waals surface area contributed by atoms with Crippen LogP contribution in [0.2, 0.25) is 0 Å². The molecule has 0 aliphatic heterocycles. The number of rotatable bonds is 7. The molecule has 4 nitrogen and oxygen atoms in total. The van der Waals surface area contributed by atoms with Crippen molar-refractivity contribution in [2.24, 2.45) is 0 Å². The maximum absolute atomic E-state index is 5.99. The summed E-state index contributed by atoms with van der Waals surface area (Å²) in [4.78, 5) is 4.79. The second-order valence-electron chi connectivity index (χ2n) is 6.37. The van der Waals surface area contributed by atoms with Crippen LogP contribution in [0.1, 0.15) is 11.4 Å². The molecule has 0 amide bonds. The number of fused-ring (bicyclic) bond motifs is 1. The van der Waals surface area contributed by atoms with Crippen LogP contribution in [0.15, 0.2) is 78.9 Å². The smallest absolute Gasteiger partial charge is 0.148 e. The van der Waals surface area contributed by atoms with E-state index in [4.69, 9.17) is 14.5 Å². The number of ether oxygens (including phenoxy) is 2. The van der Waals surface area contributed by atoms with Gasteiger partial charge in [-0.1, -0.05) is 48.5 Å². The Morgan fingerprint density at radius 2 is 1.63 bits per heavy atom. The predicted molar refractivity (Wildman–Crippen MR) is 107 cm³/mol. The van der Waals surface area contributed by atoms with Gasteiger partial charge in [-0.25, -0.2) is 4.98 Å². The molecule has 0 spiro atoms. The van der Waals surface area contributed by atoms with Crippen LogP contribution >= 0.6 is 0 Å². The quantitative estimate of drug-likeness (QED) is 0.473. The molecule has 0 bridgehead atoms. The van der Waals surface area contributed by atoms with Crippen molar-refractivity contribution in [3.63, 3.8) is 0 Å². The van der Waals surface area contributed by atoms with E-state index in [2.05, 4.69) is 41.0 Å². The zero-order valence-corrected chi connectivity index (χ0v) is 15.3. The monoisotopic (exact) mass is 358 g/mol. The van der Waals surface area contributed by atoms with Crippen LogP contribution in [0.4, 0.5) is 0 Å². The zero-order valence-electron chi connectivity index (χ0n) is 15.3. The van der Waals surface area contributed by atoms with Gasteiger partial charge in [0.05, 0.1) is 18.1 Å². The zero-order chi connectivity index (χ0) is 18.5. The summed E-state index contributed by atoms with van der Waals surface area (Å²) in [7, 11) is 1.65. The summed E-state index contributed by atoms with van der Waals surface area (Å²) >= 11 is 0. The normalized spacial score (nSPS) is 10.9. The molecule has 27 heavy (non-hydrogen) atoms. The third-order valence-corrected chi connectivity index (χ3v) is 4.61. The highest BCUT2D eigenvalue weighted by molar-refractivity contribution is 5.75. The Hall–Kier alpha value is -3.27. The Morgan fingerprint density at radius 3 is 2.48 bits per heavy atom. The molecule has 0 atom stereocenters. The Kier molecular flexibility index (Phi) is 5.06. The fraction of sp³-hybridized carbons (Fsp3) is 0.174. The number of imidazole rings is 1. The molecule has 0 fully saturated rings. The van der Waals surface area contributed by atoms with Crippen LogP contribution in [0.25, 0.3) is 11.0 Å². The molecule has 0 N–H and O–H groups in total. The molecule has 0 aliphatic rings. The SMILES string of the molecule is COc1cccc(OCc2nc3ccccc3n2CCc2ccccc2)c1. The minimum atomic E-state index is 0.413. The van der Waals surface area contributed by atoms with Gasteiger partial charge in [-0.15, -0.1) is 0 Å². The molecular formula is C23H22N2O2. The van der Waals surface area contributed by atoms with Crippen molar-refractivity contribution in [3.8, 4) is 11.5 Å². The van der Waals surface area contributed by atoms with E-state index >= 15 is 0 Å². The summed E-state index contributed by atoms with van der Waals surface area (Å²) in [5.41, 5.74) is 3.45. The highest BCUT2D eigenvalue weighted by Gasteiger charge is 2.11. The molecule has 1 aromatic heterocycles. The Balaban J connectivity index is 1.57. The maximum Gasteiger partial charge on any atom is 0.148 e. The molecule has 0 aliphatic carbocycles. The molecule has 4 aromatic rings. The Bertz CT molecular complexity index is 1020. The number of methoxy groups -OCH3 is 1.